The molecule has 0 unspecified atom stereocenters. The lowest BCUT2D eigenvalue weighted by atomic mass is 9.86. The summed E-state index contributed by atoms with van der Waals surface area (Å²) in [4.78, 5) is 0. The Balaban J connectivity index is 2.01. The van der Waals surface area contributed by atoms with E-state index < -0.39 is 0 Å². The van der Waals surface area contributed by atoms with Gasteiger partial charge < -0.3 is 5.21 Å². The summed E-state index contributed by atoms with van der Waals surface area (Å²) in [5.74, 6) is 6.05. The van der Waals surface area contributed by atoms with Crippen LogP contribution in [0.5, 0.6) is 0 Å². The first-order chi connectivity index (χ1) is 11.6. The average Bonchev–Trinajstić information content (AvgIpc) is 2.57. The standard InChI is InChI=1S/C21H18FNO/c1-23(24)15-18-11-10-17-12-13-19(22)14-21(17)20(18)9-5-8-16-6-3-2-4-7-16/h2-4,6-7,12-15H,8,10-11H2,1H3/b23-15-. The first-order valence-corrected chi connectivity index (χ1v) is 7.93. The Labute approximate surface area is 141 Å². The van der Waals surface area contributed by atoms with Crippen molar-refractivity contribution in [1.82, 2.24) is 0 Å². The van der Waals surface area contributed by atoms with Gasteiger partial charge in [-0.1, -0.05) is 48.2 Å². The van der Waals surface area contributed by atoms with E-state index in [4.69, 9.17) is 0 Å². The first-order valence-electron chi connectivity index (χ1n) is 7.93. The van der Waals surface area contributed by atoms with Gasteiger partial charge in [-0.3, -0.25) is 0 Å². The van der Waals surface area contributed by atoms with Crippen LogP contribution >= 0.6 is 0 Å². The molecule has 0 aliphatic heterocycles. The van der Waals surface area contributed by atoms with Gasteiger partial charge in [0.25, 0.3) is 0 Å². The average molecular weight is 319 g/mol. The van der Waals surface area contributed by atoms with E-state index in [-0.39, 0.29) is 5.82 Å². The molecule has 1 aliphatic carbocycles. The summed E-state index contributed by atoms with van der Waals surface area (Å²) in [6, 6.07) is 14.8. The van der Waals surface area contributed by atoms with Gasteiger partial charge >= 0.3 is 0 Å². The Morgan fingerprint density at radius 3 is 2.71 bits per heavy atom. The minimum absolute atomic E-state index is 0.284. The molecule has 0 aromatic heterocycles. The van der Waals surface area contributed by atoms with Gasteiger partial charge in [0.1, 0.15) is 12.9 Å². The van der Waals surface area contributed by atoms with Crippen LogP contribution < -0.4 is 0 Å². The van der Waals surface area contributed by atoms with Crippen LogP contribution in [-0.4, -0.2) is 18.0 Å². The monoisotopic (exact) mass is 319 g/mol. The normalized spacial score (nSPS) is 14.0. The van der Waals surface area contributed by atoms with Gasteiger partial charge in [-0.15, -0.1) is 0 Å². The molecule has 120 valence electrons. The van der Waals surface area contributed by atoms with Crippen molar-refractivity contribution in [2.24, 2.45) is 0 Å². The van der Waals surface area contributed by atoms with Crippen molar-refractivity contribution < 1.29 is 9.13 Å². The van der Waals surface area contributed by atoms with Gasteiger partial charge in [-0.05, 0) is 41.7 Å². The summed E-state index contributed by atoms with van der Waals surface area (Å²) in [6.45, 7) is 0. The van der Waals surface area contributed by atoms with E-state index in [9.17, 15) is 9.60 Å². The zero-order chi connectivity index (χ0) is 16.9. The van der Waals surface area contributed by atoms with E-state index in [1.54, 1.807) is 12.3 Å². The number of hydroxylamine groups is 1. The lowest BCUT2D eigenvalue weighted by molar-refractivity contribution is -0.417. The van der Waals surface area contributed by atoms with Crippen LogP contribution in [0.4, 0.5) is 4.39 Å². The third-order valence-corrected chi connectivity index (χ3v) is 4.01. The van der Waals surface area contributed by atoms with E-state index in [2.05, 4.69) is 11.8 Å². The predicted molar refractivity (Wildman–Crippen MR) is 95.2 cm³/mol. The van der Waals surface area contributed by atoms with Gasteiger partial charge in [-0.25, -0.2) is 9.13 Å². The molecule has 0 radical (unpaired) electrons. The minimum Gasteiger partial charge on any atom is -0.624 e. The summed E-state index contributed by atoms with van der Waals surface area (Å²) in [7, 11) is 1.45. The Hall–Kier alpha value is -2.86. The van der Waals surface area contributed by atoms with Gasteiger partial charge in [-0.2, -0.15) is 0 Å². The SMILES string of the molecule is C/[N+]([O-])=C/C1=C(C#CCc2ccccc2)c2cc(F)ccc2CC1. The molecule has 0 amide bonds. The van der Waals surface area contributed by atoms with Crippen molar-refractivity contribution in [3.63, 3.8) is 0 Å². The molecule has 2 aromatic rings. The van der Waals surface area contributed by atoms with Crippen LogP contribution in [0, 0.1) is 22.9 Å². The van der Waals surface area contributed by atoms with Crippen LogP contribution in [0.1, 0.15) is 23.1 Å². The Kier molecular flexibility index (Phi) is 4.77. The van der Waals surface area contributed by atoms with E-state index in [0.717, 1.165) is 45.4 Å². The molecule has 0 bridgehead atoms. The van der Waals surface area contributed by atoms with E-state index in [1.807, 2.05) is 30.3 Å². The van der Waals surface area contributed by atoms with Crippen molar-refractivity contribution in [3.8, 4) is 11.8 Å². The lowest BCUT2D eigenvalue weighted by Gasteiger charge is -2.17. The maximum atomic E-state index is 13.7. The number of hydrogen-bond donors (Lipinski definition) is 0. The van der Waals surface area contributed by atoms with E-state index >= 15 is 0 Å². The van der Waals surface area contributed by atoms with Gasteiger partial charge in [0.05, 0.1) is 0 Å². The zero-order valence-corrected chi connectivity index (χ0v) is 13.6. The van der Waals surface area contributed by atoms with Crippen molar-refractivity contribution in [1.29, 1.82) is 0 Å². The molecule has 1 aliphatic rings. The molecular weight excluding hydrogens is 301 g/mol. The quantitative estimate of drug-likeness (QED) is 0.270. The summed E-state index contributed by atoms with van der Waals surface area (Å²) < 4.78 is 14.5. The number of halogens is 1. The Morgan fingerprint density at radius 2 is 1.96 bits per heavy atom. The molecule has 24 heavy (non-hydrogen) atoms. The van der Waals surface area contributed by atoms with Gasteiger partial charge in [0, 0.05) is 17.6 Å². The number of rotatable bonds is 2. The number of hydrogen-bond acceptors (Lipinski definition) is 1. The fourth-order valence-electron chi connectivity index (χ4n) is 2.89. The van der Waals surface area contributed by atoms with Crippen molar-refractivity contribution in [2.45, 2.75) is 19.3 Å². The largest absolute Gasteiger partial charge is 0.624 e. The maximum Gasteiger partial charge on any atom is 0.178 e. The summed E-state index contributed by atoms with van der Waals surface area (Å²) in [5, 5.41) is 11.4. The minimum atomic E-state index is -0.284. The van der Waals surface area contributed by atoms with Crippen LogP contribution in [0.2, 0.25) is 0 Å². The molecule has 2 aromatic carbocycles. The second-order valence-corrected chi connectivity index (χ2v) is 5.84. The zero-order valence-electron chi connectivity index (χ0n) is 13.6. The fourth-order valence-corrected chi connectivity index (χ4v) is 2.89. The van der Waals surface area contributed by atoms with Crippen LogP contribution in [0.15, 0.2) is 54.1 Å². The lowest BCUT2D eigenvalue weighted by Crippen LogP contribution is -2.09. The molecule has 0 heterocycles. The predicted octanol–water partition coefficient (Wildman–Crippen LogP) is 3.98. The number of nitrogens with zero attached hydrogens (tertiary/aromatic N) is 1. The Morgan fingerprint density at radius 1 is 1.17 bits per heavy atom. The van der Waals surface area contributed by atoms with E-state index in [1.165, 1.54) is 19.2 Å². The van der Waals surface area contributed by atoms with Crippen molar-refractivity contribution in [3.05, 3.63) is 81.8 Å². The van der Waals surface area contributed by atoms with Crippen molar-refractivity contribution >= 4 is 11.8 Å². The summed E-state index contributed by atoms with van der Waals surface area (Å²) >= 11 is 0. The second-order valence-electron chi connectivity index (χ2n) is 5.84. The smallest absolute Gasteiger partial charge is 0.178 e. The molecule has 3 rings (SSSR count). The molecular formula is C21H18FNO. The van der Waals surface area contributed by atoms with Gasteiger partial charge in [0.15, 0.2) is 6.21 Å². The second kappa shape index (κ2) is 7.14. The highest BCUT2D eigenvalue weighted by molar-refractivity contribution is 5.96. The first kappa shape index (κ1) is 16.0. The number of benzene rings is 2. The number of fused-ring (bicyclic) bond motifs is 1. The van der Waals surface area contributed by atoms with Crippen LogP contribution in [-0.2, 0) is 12.8 Å². The molecule has 0 saturated heterocycles. The summed E-state index contributed by atoms with van der Waals surface area (Å²) in [5.41, 5.74) is 4.63. The Bertz CT molecular complexity index is 866. The van der Waals surface area contributed by atoms with Gasteiger partial charge in [0.2, 0.25) is 0 Å². The highest BCUT2D eigenvalue weighted by atomic mass is 19.1. The molecule has 0 atom stereocenters. The topological polar surface area (TPSA) is 26.1 Å². The molecule has 0 spiro atoms. The van der Waals surface area contributed by atoms with Crippen LogP contribution in [0.25, 0.3) is 5.57 Å². The molecule has 0 saturated carbocycles. The highest BCUT2D eigenvalue weighted by Crippen LogP contribution is 2.30. The fraction of sp³-hybridized carbons (Fsp3) is 0.190. The highest BCUT2D eigenvalue weighted by Gasteiger charge is 2.19. The van der Waals surface area contributed by atoms with E-state index in [0.29, 0.717) is 6.42 Å². The molecule has 0 N–H and O–H groups in total. The summed E-state index contributed by atoms with van der Waals surface area (Å²) in [6.07, 6.45) is 3.69. The third kappa shape index (κ3) is 3.72. The third-order valence-electron chi connectivity index (χ3n) is 4.01. The molecule has 0 fully saturated rings. The van der Waals surface area contributed by atoms with Crippen LogP contribution in [0.3, 0.4) is 0 Å². The maximum absolute atomic E-state index is 13.7. The number of allylic oxidation sites excluding steroid dienone is 2. The molecule has 3 heteroatoms. The van der Waals surface area contributed by atoms with Crippen molar-refractivity contribution in [2.75, 3.05) is 7.05 Å². The number of aryl methyl sites for hydroxylation is 1. The molecule has 2 nitrogen and oxygen atoms in total.